The zero-order valence-electron chi connectivity index (χ0n) is 17.2. The van der Waals surface area contributed by atoms with E-state index < -0.39 is 5.56 Å². The first-order valence-electron chi connectivity index (χ1n) is 9.04. The molecule has 0 fully saturated rings. The van der Waals surface area contributed by atoms with Gasteiger partial charge in [-0.3, -0.25) is 4.79 Å². The molecule has 0 radical (unpaired) electrons. The van der Waals surface area contributed by atoms with Crippen molar-refractivity contribution in [1.82, 2.24) is 14.9 Å². The maximum absolute atomic E-state index is 12.5. The highest BCUT2D eigenvalue weighted by Gasteiger charge is 2.19. The molecule has 0 saturated heterocycles. The molecule has 0 spiro atoms. The van der Waals surface area contributed by atoms with Gasteiger partial charge in [0.05, 0.1) is 12.3 Å². The molecule has 1 heterocycles. The fourth-order valence-electron chi connectivity index (χ4n) is 2.48. The van der Waals surface area contributed by atoms with Crippen molar-refractivity contribution in [2.75, 3.05) is 31.0 Å². The molecule has 2 rings (SSSR count). The number of benzene rings is 1. The molecule has 1 aromatic heterocycles. The van der Waals surface area contributed by atoms with Gasteiger partial charge in [0.1, 0.15) is 5.75 Å². The van der Waals surface area contributed by atoms with Crippen LogP contribution in [0.25, 0.3) is 11.3 Å². The third-order valence-corrected chi connectivity index (χ3v) is 4.42. The zero-order chi connectivity index (χ0) is 20.6. The standard InChI is InChI=1S/C17H24N4O3S.C2H6/c1-10(2)16-20-19-14(17(22)21(16)23)12-6-7-13(18-4)15(11(12)3)24-8-9-25-5;1-2/h6-7,10,18,23H,8-9H2,1-5H3;1-2H3. The highest BCUT2D eigenvalue weighted by Crippen LogP contribution is 2.34. The minimum absolute atomic E-state index is 0.0989. The molecule has 8 heteroatoms. The molecule has 7 nitrogen and oxygen atoms in total. The molecule has 150 valence electrons. The van der Waals surface area contributed by atoms with Crippen LogP contribution in [0.15, 0.2) is 16.9 Å². The van der Waals surface area contributed by atoms with E-state index in [4.69, 9.17) is 4.74 Å². The quantitative estimate of drug-likeness (QED) is 0.545. The summed E-state index contributed by atoms with van der Waals surface area (Å²) in [5, 5.41) is 21.3. The highest BCUT2D eigenvalue weighted by molar-refractivity contribution is 7.98. The smallest absolute Gasteiger partial charge is 0.312 e. The van der Waals surface area contributed by atoms with Gasteiger partial charge in [0.25, 0.3) is 0 Å². The van der Waals surface area contributed by atoms with E-state index in [1.807, 2.05) is 54.0 Å². The SMILES string of the molecule is CC.CNc1ccc(-c2nnc(C(C)C)n(O)c2=O)c(C)c1OCCSC. The number of ether oxygens (including phenoxy) is 1. The van der Waals surface area contributed by atoms with Gasteiger partial charge in [-0.2, -0.15) is 11.8 Å². The van der Waals surface area contributed by atoms with Gasteiger partial charge < -0.3 is 15.3 Å². The van der Waals surface area contributed by atoms with Crippen molar-refractivity contribution in [2.45, 2.75) is 40.5 Å². The second-order valence-corrected chi connectivity index (χ2v) is 6.87. The average Bonchev–Trinajstić information content (AvgIpc) is 2.67. The van der Waals surface area contributed by atoms with Crippen molar-refractivity contribution >= 4 is 17.4 Å². The van der Waals surface area contributed by atoms with Gasteiger partial charge in [0.2, 0.25) is 0 Å². The van der Waals surface area contributed by atoms with Gasteiger partial charge in [-0.05, 0) is 25.3 Å². The topological polar surface area (TPSA) is 89.3 Å². The third-order valence-electron chi connectivity index (χ3n) is 3.85. The predicted molar refractivity (Wildman–Crippen MR) is 113 cm³/mol. The Morgan fingerprint density at radius 2 is 1.96 bits per heavy atom. The average molecular weight is 395 g/mol. The van der Waals surface area contributed by atoms with E-state index in [1.54, 1.807) is 17.8 Å². The molecule has 1 aromatic carbocycles. The van der Waals surface area contributed by atoms with Gasteiger partial charge in [0, 0.05) is 29.8 Å². The summed E-state index contributed by atoms with van der Waals surface area (Å²) in [6.07, 6.45) is 2.02. The Morgan fingerprint density at radius 1 is 1.30 bits per heavy atom. The Hall–Kier alpha value is -2.22. The summed E-state index contributed by atoms with van der Waals surface area (Å²) in [6, 6.07) is 3.61. The Bertz CT molecular complexity index is 806. The Morgan fingerprint density at radius 3 is 2.52 bits per heavy atom. The summed E-state index contributed by atoms with van der Waals surface area (Å²) in [6.45, 7) is 10.1. The van der Waals surface area contributed by atoms with Crippen LogP contribution >= 0.6 is 11.8 Å². The first kappa shape index (κ1) is 22.8. The maximum Gasteiger partial charge on any atom is 0.312 e. The zero-order valence-corrected chi connectivity index (χ0v) is 18.0. The van der Waals surface area contributed by atoms with Crippen molar-refractivity contribution in [2.24, 2.45) is 0 Å². The number of thioether (sulfide) groups is 1. The van der Waals surface area contributed by atoms with Crippen LogP contribution in [0.2, 0.25) is 0 Å². The lowest BCUT2D eigenvalue weighted by Gasteiger charge is -2.17. The van der Waals surface area contributed by atoms with Gasteiger partial charge in [-0.1, -0.05) is 27.7 Å². The van der Waals surface area contributed by atoms with Gasteiger partial charge in [0.15, 0.2) is 11.5 Å². The number of hydrogen-bond acceptors (Lipinski definition) is 7. The van der Waals surface area contributed by atoms with E-state index in [1.165, 1.54) is 0 Å². The van der Waals surface area contributed by atoms with E-state index in [9.17, 15) is 10.0 Å². The molecule has 0 aliphatic heterocycles. The van der Waals surface area contributed by atoms with Crippen molar-refractivity contribution in [3.8, 4) is 17.0 Å². The van der Waals surface area contributed by atoms with Crippen LogP contribution < -0.4 is 15.6 Å². The maximum atomic E-state index is 12.5. The normalized spacial score (nSPS) is 10.4. The number of anilines is 1. The largest absolute Gasteiger partial charge is 0.490 e. The lowest BCUT2D eigenvalue weighted by molar-refractivity contribution is 0.155. The van der Waals surface area contributed by atoms with Crippen LogP contribution in [0.3, 0.4) is 0 Å². The summed E-state index contributed by atoms with van der Waals surface area (Å²) >= 11 is 1.70. The van der Waals surface area contributed by atoms with Crippen molar-refractivity contribution in [3.05, 3.63) is 33.9 Å². The predicted octanol–water partition coefficient (Wildman–Crippen LogP) is 3.78. The summed E-state index contributed by atoms with van der Waals surface area (Å²) in [4.78, 5) is 12.5. The molecule has 2 N–H and O–H groups in total. The van der Waals surface area contributed by atoms with E-state index in [2.05, 4.69) is 15.5 Å². The minimum atomic E-state index is -0.589. The van der Waals surface area contributed by atoms with Crippen LogP contribution in [0, 0.1) is 6.92 Å². The van der Waals surface area contributed by atoms with E-state index in [0.717, 1.165) is 17.0 Å². The van der Waals surface area contributed by atoms with E-state index in [-0.39, 0.29) is 17.4 Å². The number of rotatable bonds is 7. The first-order chi connectivity index (χ1) is 12.9. The summed E-state index contributed by atoms with van der Waals surface area (Å²) in [5.41, 5.74) is 1.71. The summed E-state index contributed by atoms with van der Waals surface area (Å²) in [5.74, 6) is 1.65. The van der Waals surface area contributed by atoms with Gasteiger partial charge in [-0.25, -0.2) is 0 Å². The van der Waals surface area contributed by atoms with Gasteiger partial charge in [-0.15, -0.1) is 14.9 Å². The molecule has 0 aliphatic rings. The lowest BCUT2D eigenvalue weighted by Crippen LogP contribution is -2.27. The van der Waals surface area contributed by atoms with Gasteiger partial charge >= 0.3 is 5.56 Å². The Kier molecular flexibility index (Phi) is 9.14. The van der Waals surface area contributed by atoms with Crippen LogP contribution in [0.5, 0.6) is 5.75 Å². The molecule has 0 unspecified atom stereocenters. The summed E-state index contributed by atoms with van der Waals surface area (Å²) < 4.78 is 6.47. The number of nitrogens with one attached hydrogen (secondary N) is 1. The number of aromatic nitrogens is 3. The van der Waals surface area contributed by atoms with E-state index in [0.29, 0.717) is 22.7 Å². The molecule has 0 atom stereocenters. The molecule has 2 aromatic rings. The molecule has 0 bridgehead atoms. The van der Waals surface area contributed by atoms with Crippen molar-refractivity contribution < 1.29 is 9.94 Å². The van der Waals surface area contributed by atoms with Crippen molar-refractivity contribution in [1.29, 1.82) is 0 Å². The van der Waals surface area contributed by atoms with Crippen LogP contribution in [0.1, 0.15) is 45.0 Å². The molecule has 0 amide bonds. The Balaban J connectivity index is 0.00000176. The van der Waals surface area contributed by atoms with Crippen LogP contribution in [-0.4, -0.2) is 45.8 Å². The monoisotopic (exact) mass is 394 g/mol. The third kappa shape index (κ3) is 5.15. The van der Waals surface area contributed by atoms with Crippen molar-refractivity contribution in [3.63, 3.8) is 0 Å². The fourth-order valence-corrected chi connectivity index (χ4v) is 2.73. The second kappa shape index (κ2) is 10.8. The molecular formula is C19H30N4O3S. The van der Waals surface area contributed by atoms with Crippen LogP contribution in [0.4, 0.5) is 5.69 Å². The number of nitrogens with zero attached hydrogens (tertiary/aromatic N) is 3. The summed E-state index contributed by atoms with van der Waals surface area (Å²) in [7, 11) is 1.81. The molecule has 27 heavy (non-hydrogen) atoms. The van der Waals surface area contributed by atoms with Crippen LogP contribution in [-0.2, 0) is 0 Å². The lowest BCUT2D eigenvalue weighted by atomic mass is 10.0. The van der Waals surface area contributed by atoms with E-state index >= 15 is 0 Å². The first-order valence-corrected chi connectivity index (χ1v) is 10.4. The fraction of sp³-hybridized carbons (Fsp3) is 0.526. The minimum Gasteiger partial charge on any atom is -0.490 e. The Labute approximate surface area is 165 Å². The molecule has 0 aliphatic carbocycles. The number of hydrogen-bond donors (Lipinski definition) is 2. The molecule has 0 saturated carbocycles. The second-order valence-electron chi connectivity index (χ2n) is 5.88. The highest BCUT2D eigenvalue weighted by atomic mass is 32.2. The molecular weight excluding hydrogens is 364 g/mol.